The summed E-state index contributed by atoms with van der Waals surface area (Å²) in [6, 6.07) is 0.837. The lowest BCUT2D eigenvalue weighted by Crippen LogP contribution is -2.63. The van der Waals surface area contributed by atoms with Gasteiger partial charge in [-0.1, -0.05) is 13.8 Å². The molecule has 0 aromatic heterocycles. The van der Waals surface area contributed by atoms with E-state index in [1.165, 1.54) is 12.8 Å². The maximum atomic E-state index is 5.87. The van der Waals surface area contributed by atoms with E-state index >= 15 is 0 Å². The van der Waals surface area contributed by atoms with Crippen LogP contribution in [0, 0.1) is 5.41 Å². The van der Waals surface area contributed by atoms with Crippen molar-refractivity contribution >= 4 is 5.96 Å². The Kier molecular flexibility index (Phi) is 2.65. The summed E-state index contributed by atoms with van der Waals surface area (Å²) >= 11 is 0. The second-order valence-corrected chi connectivity index (χ2v) is 5.81. The average molecular weight is 225 g/mol. The molecular formula is C12H23N3O. The zero-order valence-corrected chi connectivity index (χ0v) is 10.7. The highest BCUT2D eigenvalue weighted by Gasteiger charge is 2.58. The second-order valence-electron chi connectivity index (χ2n) is 5.81. The number of hydrogen-bond acceptors (Lipinski definition) is 2. The third kappa shape index (κ3) is 1.79. The first-order valence-corrected chi connectivity index (χ1v) is 6.04. The minimum atomic E-state index is -0.0684. The zero-order chi connectivity index (χ0) is 12.0. The summed E-state index contributed by atoms with van der Waals surface area (Å²) in [5.74, 6) is 0.596. The highest BCUT2D eigenvalue weighted by atomic mass is 16.5. The SMILES string of the molecule is COC1(C)CC(N=C(N)NC2CC2)C1(C)C. The fraction of sp³-hybridized carbons (Fsp3) is 0.917. The van der Waals surface area contributed by atoms with Crippen molar-refractivity contribution in [2.75, 3.05) is 7.11 Å². The van der Waals surface area contributed by atoms with Gasteiger partial charge in [-0.3, -0.25) is 0 Å². The molecule has 0 amide bonds. The number of nitrogens with zero attached hydrogens (tertiary/aromatic N) is 1. The first-order valence-electron chi connectivity index (χ1n) is 6.04. The van der Waals surface area contributed by atoms with Gasteiger partial charge in [-0.25, -0.2) is 4.99 Å². The number of ether oxygens (including phenoxy) is 1. The highest BCUT2D eigenvalue weighted by molar-refractivity contribution is 5.78. The minimum absolute atomic E-state index is 0.0532. The minimum Gasteiger partial charge on any atom is -0.378 e. The van der Waals surface area contributed by atoms with Gasteiger partial charge in [-0.05, 0) is 26.2 Å². The first kappa shape index (κ1) is 11.7. The molecule has 16 heavy (non-hydrogen) atoms. The van der Waals surface area contributed by atoms with Gasteiger partial charge in [0.15, 0.2) is 5.96 Å². The molecule has 0 aliphatic heterocycles. The molecule has 0 saturated heterocycles. The number of nitrogens with one attached hydrogen (secondary N) is 1. The molecule has 0 aromatic carbocycles. The van der Waals surface area contributed by atoms with Crippen LogP contribution in [0.3, 0.4) is 0 Å². The topological polar surface area (TPSA) is 59.6 Å². The molecule has 2 aliphatic carbocycles. The van der Waals surface area contributed by atoms with Gasteiger partial charge in [0, 0.05) is 18.6 Å². The van der Waals surface area contributed by atoms with Crippen molar-refractivity contribution in [1.29, 1.82) is 0 Å². The number of rotatable bonds is 3. The fourth-order valence-corrected chi connectivity index (χ4v) is 2.30. The summed E-state index contributed by atoms with van der Waals surface area (Å²) < 4.78 is 5.56. The summed E-state index contributed by atoms with van der Waals surface area (Å²) in [4.78, 5) is 4.56. The van der Waals surface area contributed by atoms with Crippen LogP contribution in [0.1, 0.15) is 40.0 Å². The van der Waals surface area contributed by atoms with Crippen LogP contribution in [-0.2, 0) is 4.74 Å². The smallest absolute Gasteiger partial charge is 0.189 e. The molecule has 0 aromatic rings. The zero-order valence-electron chi connectivity index (χ0n) is 10.7. The van der Waals surface area contributed by atoms with Crippen LogP contribution >= 0.6 is 0 Å². The lowest BCUT2D eigenvalue weighted by atomic mass is 9.56. The molecule has 2 fully saturated rings. The van der Waals surface area contributed by atoms with Crippen molar-refractivity contribution in [3.8, 4) is 0 Å². The van der Waals surface area contributed by atoms with E-state index < -0.39 is 0 Å². The van der Waals surface area contributed by atoms with Crippen molar-refractivity contribution in [2.24, 2.45) is 16.1 Å². The maximum Gasteiger partial charge on any atom is 0.189 e. The van der Waals surface area contributed by atoms with Crippen molar-refractivity contribution in [2.45, 2.75) is 57.7 Å². The molecule has 2 aliphatic rings. The van der Waals surface area contributed by atoms with E-state index in [0.29, 0.717) is 12.0 Å². The monoisotopic (exact) mass is 225 g/mol. The Hall–Kier alpha value is -0.770. The number of methoxy groups -OCH3 is 1. The van der Waals surface area contributed by atoms with Crippen molar-refractivity contribution < 1.29 is 4.74 Å². The Balaban J connectivity index is 1.97. The summed E-state index contributed by atoms with van der Waals surface area (Å²) in [7, 11) is 1.77. The molecule has 0 spiro atoms. The van der Waals surface area contributed by atoms with E-state index in [-0.39, 0.29) is 17.1 Å². The first-order chi connectivity index (χ1) is 7.39. The molecular weight excluding hydrogens is 202 g/mol. The van der Waals surface area contributed by atoms with Crippen LogP contribution in [0.4, 0.5) is 0 Å². The second kappa shape index (κ2) is 3.62. The standard InChI is InChI=1S/C12H23N3O/c1-11(2)9(7-12(11,3)16-4)15-10(13)14-8-5-6-8/h8-9H,5-7H2,1-4H3,(H3,13,14,15). The van der Waals surface area contributed by atoms with E-state index in [1.54, 1.807) is 7.11 Å². The maximum absolute atomic E-state index is 5.87. The van der Waals surface area contributed by atoms with E-state index in [2.05, 4.69) is 31.1 Å². The molecule has 2 saturated carbocycles. The van der Waals surface area contributed by atoms with Gasteiger partial charge in [0.25, 0.3) is 0 Å². The molecule has 0 radical (unpaired) electrons. The molecule has 0 bridgehead atoms. The van der Waals surface area contributed by atoms with E-state index in [9.17, 15) is 0 Å². The molecule has 0 heterocycles. The summed E-state index contributed by atoms with van der Waals surface area (Å²) in [6.45, 7) is 6.53. The van der Waals surface area contributed by atoms with Crippen LogP contribution in [0.15, 0.2) is 4.99 Å². The number of guanidine groups is 1. The molecule has 2 rings (SSSR count). The summed E-state index contributed by atoms with van der Waals surface area (Å²) in [5, 5.41) is 3.22. The van der Waals surface area contributed by atoms with Crippen LogP contribution in [0.2, 0.25) is 0 Å². The van der Waals surface area contributed by atoms with Gasteiger partial charge in [-0.15, -0.1) is 0 Å². The molecule has 2 atom stereocenters. The Morgan fingerprint density at radius 3 is 2.44 bits per heavy atom. The average Bonchev–Trinajstić information content (AvgIpc) is 3.00. The van der Waals surface area contributed by atoms with Crippen LogP contribution in [0.25, 0.3) is 0 Å². The van der Waals surface area contributed by atoms with E-state index in [0.717, 1.165) is 6.42 Å². The lowest BCUT2D eigenvalue weighted by Gasteiger charge is -2.57. The molecule has 4 nitrogen and oxygen atoms in total. The fourth-order valence-electron chi connectivity index (χ4n) is 2.30. The Labute approximate surface area is 97.6 Å². The van der Waals surface area contributed by atoms with Crippen LogP contribution in [0.5, 0.6) is 0 Å². The Morgan fingerprint density at radius 2 is 2.00 bits per heavy atom. The van der Waals surface area contributed by atoms with Gasteiger partial charge in [-0.2, -0.15) is 0 Å². The van der Waals surface area contributed by atoms with E-state index in [4.69, 9.17) is 10.5 Å². The largest absolute Gasteiger partial charge is 0.378 e. The van der Waals surface area contributed by atoms with Crippen LogP contribution in [-0.4, -0.2) is 30.8 Å². The third-order valence-corrected chi connectivity index (χ3v) is 4.45. The quantitative estimate of drug-likeness (QED) is 0.561. The number of hydrogen-bond donors (Lipinski definition) is 2. The highest BCUT2D eigenvalue weighted by Crippen LogP contribution is 2.53. The van der Waals surface area contributed by atoms with Gasteiger partial charge in [0.2, 0.25) is 0 Å². The van der Waals surface area contributed by atoms with Gasteiger partial charge >= 0.3 is 0 Å². The lowest BCUT2D eigenvalue weighted by molar-refractivity contribution is -0.171. The van der Waals surface area contributed by atoms with Gasteiger partial charge < -0.3 is 15.8 Å². The predicted octanol–water partition coefficient (Wildman–Crippen LogP) is 1.26. The summed E-state index contributed by atoms with van der Waals surface area (Å²) in [5.41, 5.74) is 5.86. The number of aliphatic imine (C=N–C) groups is 1. The molecule has 92 valence electrons. The summed E-state index contributed by atoms with van der Waals surface area (Å²) in [6.07, 6.45) is 3.39. The van der Waals surface area contributed by atoms with Crippen molar-refractivity contribution in [3.63, 3.8) is 0 Å². The molecule has 4 heteroatoms. The van der Waals surface area contributed by atoms with Gasteiger partial charge in [0.05, 0.1) is 11.6 Å². The molecule has 3 N–H and O–H groups in total. The van der Waals surface area contributed by atoms with Gasteiger partial charge in [0.1, 0.15) is 0 Å². The number of nitrogens with two attached hydrogens (primary N) is 1. The Morgan fingerprint density at radius 1 is 1.38 bits per heavy atom. The third-order valence-electron chi connectivity index (χ3n) is 4.45. The van der Waals surface area contributed by atoms with Crippen molar-refractivity contribution in [3.05, 3.63) is 0 Å². The normalized spacial score (nSPS) is 38.0. The Bertz CT molecular complexity index is 309. The molecule has 2 unspecified atom stereocenters. The van der Waals surface area contributed by atoms with Crippen molar-refractivity contribution in [1.82, 2.24) is 5.32 Å². The van der Waals surface area contributed by atoms with E-state index in [1.807, 2.05) is 0 Å². The van der Waals surface area contributed by atoms with Crippen LogP contribution < -0.4 is 11.1 Å². The predicted molar refractivity (Wildman–Crippen MR) is 65.4 cm³/mol.